The Labute approximate surface area is 114 Å². The van der Waals surface area contributed by atoms with E-state index < -0.39 is 5.91 Å². The molecule has 0 bridgehead atoms. The maximum absolute atomic E-state index is 11.8. The highest BCUT2D eigenvalue weighted by Crippen LogP contribution is 2.13. The second-order valence-electron chi connectivity index (χ2n) is 3.94. The molecule has 0 radical (unpaired) electrons. The summed E-state index contributed by atoms with van der Waals surface area (Å²) in [5, 5.41) is 14.9. The van der Waals surface area contributed by atoms with Gasteiger partial charge in [-0.3, -0.25) is 4.79 Å². The summed E-state index contributed by atoms with van der Waals surface area (Å²) < 4.78 is 0. The molecule has 6 heteroatoms. The van der Waals surface area contributed by atoms with E-state index in [0.717, 1.165) is 0 Å². The van der Waals surface area contributed by atoms with Crippen molar-refractivity contribution in [3.63, 3.8) is 0 Å². The van der Waals surface area contributed by atoms with Crippen molar-refractivity contribution in [1.29, 1.82) is 0 Å². The Kier molecular flexibility index (Phi) is 4.18. The molecule has 0 saturated carbocycles. The minimum absolute atomic E-state index is 0.0985. The van der Waals surface area contributed by atoms with E-state index in [1.165, 1.54) is 24.4 Å². The van der Waals surface area contributed by atoms with Gasteiger partial charge in [0, 0.05) is 5.56 Å². The summed E-state index contributed by atoms with van der Waals surface area (Å²) >= 11 is 0. The first-order valence-corrected chi connectivity index (χ1v) is 5.81. The molecule has 0 unspecified atom stereocenters. The van der Waals surface area contributed by atoms with Gasteiger partial charge in [0.1, 0.15) is 11.4 Å². The first-order chi connectivity index (χ1) is 9.70. The molecule has 20 heavy (non-hydrogen) atoms. The van der Waals surface area contributed by atoms with Crippen molar-refractivity contribution in [2.45, 2.75) is 0 Å². The molecule has 0 saturated heterocycles. The SMILES string of the molecule is O=Nc1cccc(C(=O)N/[NH+]=C/c2ccccc2O)c1. The third-order valence-corrected chi connectivity index (χ3v) is 2.56. The average molecular weight is 270 g/mol. The highest BCUT2D eigenvalue weighted by atomic mass is 16.3. The van der Waals surface area contributed by atoms with Crippen molar-refractivity contribution >= 4 is 17.8 Å². The minimum Gasteiger partial charge on any atom is -0.507 e. The molecule has 2 rings (SSSR count). The number of hydrazine groups is 1. The van der Waals surface area contributed by atoms with Crippen LogP contribution < -0.4 is 10.5 Å². The molecule has 100 valence electrons. The number of aromatic hydroxyl groups is 1. The average Bonchev–Trinajstić information content (AvgIpc) is 2.49. The standard InChI is InChI=1S/C14H11N3O3/c18-13-7-2-1-4-11(13)9-15-16-14(19)10-5-3-6-12(8-10)17-20/h1-9,18H,(H,16,19)/p+1/b15-9+. The molecular formula is C14H12N3O3+. The fourth-order valence-electron chi connectivity index (χ4n) is 1.57. The van der Waals surface area contributed by atoms with E-state index in [1.807, 2.05) is 0 Å². The number of nitroso groups, excluding NO2 is 1. The third kappa shape index (κ3) is 3.26. The van der Waals surface area contributed by atoms with Gasteiger partial charge in [-0.15, -0.1) is 15.4 Å². The highest BCUT2D eigenvalue weighted by molar-refractivity contribution is 5.94. The number of benzene rings is 2. The maximum atomic E-state index is 11.8. The lowest BCUT2D eigenvalue weighted by Gasteiger charge is -1.97. The number of rotatable bonds is 4. The van der Waals surface area contributed by atoms with Gasteiger partial charge in [-0.2, -0.15) is 0 Å². The number of hydrogen-bond acceptors (Lipinski definition) is 4. The summed E-state index contributed by atoms with van der Waals surface area (Å²) in [7, 11) is 0. The lowest BCUT2D eigenvalue weighted by atomic mass is 10.2. The van der Waals surface area contributed by atoms with Crippen LogP contribution in [0.1, 0.15) is 15.9 Å². The molecule has 0 aliphatic rings. The van der Waals surface area contributed by atoms with E-state index in [1.54, 1.807) is 30.3 Å². The van der Waals surface area contributed by atoms with Gasteiger partial charge in [0.05, 0.1) is 5.56 Å². The number of phenolic OH excluding ortho intramolecular Hbond substituents is 1. The zero-order valence-electron chi connectivity index (χ0n) is 10.4. The normalized spacial score (nSPS) is 10.4. The fourth-order valence-corrected chi connectivity index (χ4v) is 1.57. The number of carbonyl (C=O) groups is 1. The van der Waals surface area contributed by atoms with Crippen LogP contribution in [-0.2, 0) is 0 Å². The van der Waals surface area contributed by atoms with Crippen molar-refractivity contribution in [2.75, 3.05) is 0 Å². The van der Waals surface area contributed by atoms with Crippen LogP contribution in [0, 0.1) is 4.91 Å². The Morgan fingerprint density at radius 3 is 2.75 bits per heavy atom. The van der Waals surface area contributed by atoms with Crippen LogP contribution in [0.3, 0.4) is 0 Å². The second-order valence-corrected chi connectivity index (χ2v) is 3.94. The Hall–Kier alpha value is -3.02. The van der Waals surface area contributed by atoms with Crippen molar-refractivity contribution in [3.8, 4) is 5.75 Å². The molecule has 6 nitrogen and oxygen atoms in total. The smallest absolute Gasteiger partial charge is 0.304 e. The van der Waals surface area contributed by atoms with E-state index >= 15 is 0 Å². The van der Waals surface area contributed by atoms with Crippen molar-refractivity contribution in [3.05, 3.63) is 64.6 Å². The second kappa shape index (κ2) is 6.24. The van der Waals surface area contributed by atoms with Crippen molar-refractivity contribution < 1.29 is 15.0 Å². The third-order valence-electron chi connectivity index (χ3n) is 2.56. The molecule has 0 heterocycles. The predicted octanol–water partition coefficient (Wildman–Crippen LogP) is 0.635. The summed E-state index contributed by atoms with van der Waals surface area (Å²) in [4.78, 5) is 22.2. The highest BCUT2D eigenvalue weighted by Gasteiger charge is 2.07. The molecular weight excluding hydrogens is 258 g/mol. The molecule has 0 fully saturated rings. The molecule has 0 spiro atoms. The summed E-state index contributed by atoms with van der Waals surface area (Å²) in [6.07, 6.45) is 1.45. The number of amides is 1. The van der Waals surface area contributed by atoms with Gasteiger partial charge in [0.15, 0.2) is 0 Å². The molecule has 0 aliphatic heterocycles. The monoisotopic (exact) mass is 270 g/mol. The molecule has 2 aromatic carbocycles. The zero-order valence-corrected chi connectivity index (χ0v) is 10.4. The molecule has 2 aromatic rings. The van der Waals surface area contributed by atoms with Crippen molar-refractivity contribution in [1.82, 2.24) is 5.43 Å². The summed E-state index contributed by atoms with van der Waals surface area (Å²) in [6.45, 7) is 0. The molecule has 0 aromatic heterocycles. The molecule has 1 amide bonds. The lowest BCUT2D eigenvalue weighted by Crippen LogP contribution is -2.81. The minimum atomic E-state index is -0.415. The van der Waals surface area contributed by atoms with Gasteiger partial charge in [0.25, 0.3) is 0 Å². The zero-order chi connectivity index (χ0) is 14.4. The molecule has 0 atom stereocenters. The number of hydrogen-bond donors (Lipinski definition) is 3. The molecule has 0 aliphatic carbocycles. The summed E-state index contributed by atoms with van der Waals surface area (Å²) in [6, 6.07) is 12.7. The number of carbonyl (C=O) groups excluding carboxylic acids is 1. The quantitative estimate of drug-likeness (QED) is 0.432. The Bertz CT molecular complexity index is 668. The summed E-state index contributed by atoms with van der Waals surface area (Å²) in [5.41, 5.74) is 3.45. The van der Waals surface area contributed by atoms with E-state index in [2.05, 4.69) is 15.7 Å². The number of para-hydroxylation sites is 1. The Morgan fingerprint density at radius 2 is 2.00 bits per heavy atom. The van der Waals surface area contributed by atoms with Crippen LogP contribution in [0.2, 0.25) is 0 Å². The van der Waals surface area contributed by atoms with Gasteiger partial charge in [-0.1, -0.05) is 18.2 Å². The number of phenols is 1. The summed E-state index contributed by atoms with van der Waals surface area (Å²) in [5.74, 6) is -0.316. The van der Waals surface area contributed by atoms with Crippen LogP contribution in [0.25, 0.3) is 0 Å². The number of nitrogens with one attached hydrogen (secondary N) is 2. The van der Waals surface area contributed by atoms with E-state index in [0.29, 0.717) is 11.1 Å². The van der Waals surface area contributed by atoms with Gasteiger partial charge in [-0.05, 0) is 35.5 Å². The van der Waals surface area contributed by atoms with Crippen LogP contribution >= 0.6 is 0 Å². The molecule has 3 N–H and O–H groups in total. The van der Waals surface area contributed by atoms with Crippen LogP contribution in [0.5, 0.6) is 5.75 Å². The van der Waals surface area contributed by atoms with E-state index in [-0.39, 0.29) is 11.4 Å². The van der Waals surface area contributed by atoms with E-state index in [9.17, 15) is 14.8 Å². The first kappa shape index (κ1) is 13.4. The first-order valence-electron chi connectivity index (χ1n) is 5.81. The van der Waals surface area contributed by atoms with Gasteiger partial charge >= 0.3 is 5.91 Å². The van der Waals surface area contributed by atoms with Gasteiger partial charge < -0.3 is 5.11 Å². The Morgan fingerprint density at radius 1 is 1.20 bits per heavy atom. The van der Waals surface area contributed by atoms with Crippen LogP contribution in [-0.4, -0.2) is 17.2 Å². The van der Waals surface area contributed by atoms with Crippen molar-refractivity contribution in [2.24, 2.45) is 5.18 Å². The largest absolute Gasteiger partial charge is 0.507 e. The van der Waals surface area contributed by atoms with Crippen LogP contribution in [0.15, 0.2) is 53.7 Å². The van der Waals surface area contributed by atoms with Gasteiger partial charge in [-0.25, -0.2) is 0 Å². The maximum Gasteiger partial charge on any atom is 0.304 e. The Balaban J connectivity index is 2.05. The fraction of sp³-hybridized carbons (Fsp3) is 0. The van der Waals surface area contributed by atoms with Crippen LogP contribution in [0.4, 0.5) is 5.69 Å². The van der Waals surface area contributed by atoms with Gasteiger partial charge in [0.2, 0.25) is 6.21 Å². The lowest BCUT2D eigenvalue weighted by molar-refractivity contribution is -0.503. The number of nitrogens with zero attached hydrogens (tertiary/aromatic N) is 1. The topological polar surface area (TPSA) is 92.7 Å². The predicted molar refractivity (Wildman–Crippen MR) is 73.6 cm³/mol. The van der Waals surface area contributed by atoms with E-state index in [4.69, 9.17) is 0 Å². The number of hydrazone groups is 1.